The molecule has 0 saturated carbocycles. The van der Waals surface area contributed by atoms with E-state index in [1.54, 1.807) is 24.3 Å². The predicted molar refractivity (Wildman–Crippen MR) is 76.1 cm³/mol. The van der Waals surface area contributed by atoms with E-state index in [0.717, 1.165) is 0 Å². The van der Waals surface area contributed by atoms with Crippen LogP contribution in [0.25, 0.3) is 0 Å². The van der Waals surface area contributed by atoms with Crippen LogP contribution < -0.4 is 15.8 Å². The topological polar surface area (TPSA) is 98.5 Å². The van der Waals surface area contributed by atoms with Crippen LogP contribution in [0.2, 0.25) is 0 Å². The van der Waals surface area contributed by atoms with Crippen molar-refractivity contribution < 1.29 is 17.9 Å². The molecule has 20 heavy (non-hydrogen) atoms. The summed E-state index contributed by atoms with van der Waals surface area (Å²) in [6.45, 7) is 0.675. The second kappa shape index (κ2) is 6.13. The van der Waals surface area contributed by atoms with Crippen molar-refractivity contribution in [3.8, 4) is 5.75 Å². The van der Waals surface area contributed by atoms with Crippen molar-refractivity contribution in [2.45, 2.75) is 6.42 Å². The fraction of sp³-hybridized carbons (Fsp3) is 0.462. The second-order valence-corrected chi connectivity index (χ2v) is 7.04. The number of sulfone groups is 1. The monoisotopic (exact) mass is 298 g/mol. The number of hydrogen-bond acceptors (Lipinski definition) is 5. The first-order chi connectivity index (χ1) is 9.46. The number of benzene rings is 1. The fourth-order valence-corrected chi connectivity index (χ4v) is 3.79. The van der Waals surface area contributed by atoms with Crippen LogP contribution in [0.3, 0.4) is 0 Å². The van der Waals surface area contributed by atoms with Gasteiger partial charge in [0.25, 0.3) is 0 Å². The van der Waals surface area contributed by atoms with Crippen LogP contribution in [0.15, 0.2) is 24.3 Å². The van der Waals surface area contributed by atoms with Gasteiger partial charge >= 0.3 is 0 Å². The standard InChI is InChI=1S/C13H18N2O4S/c14-11-1-3-12(4-2-11)19-7-6-15-13(16)10-5-8-20(17,18)9-10/h1-4,10H,5-9,14H2,(H,15,16). The fourth-order valence-electron chi connectivity index (χ4n) is 2.05. The molecule has 7 heteroatoms. The lowest BCUT2D eigenvalue weighted by molar-refractivity contribution is -0.124. The number of anilines is 1. The van der Waals surface area contributed by atoms with Crippen molar-refractivity contribution in [1.82, 2.24) is 5.32 Å². The first kappa shape index (κ1) is 14.6. The van der Waals surface area contributed by atoms with Crippen molar-refractivity contribution in [3.05, 3.63) is 24.3 Å². The van der Waals surface area contributed by atoms with Crippen molar-refractivity contribution in [2.75, 3.05) is 30.4 Å². The molecule has 110 valence electrons. The van der Waals surface area contributed by atoms with Gasteiger partial charge in [0.2, 0.25) is 5.91 Å². The number of amides is 1. The van der Waals surface area contributed by atoms with Crippen molar-refractivity contribution in [2.24, 2.45) is 5.92 Å². The maximum absolute atomic E-state index is 11.7. The van der Waals surface area contributed by atoms with E-state index in [2.05, 4.69) is 5.32 Å². The number of carbonyl (C=O) groups excluding carboxylic acids is 1. The normalized spacial score (nSPS) is 20.5. The molecule has 0 radical (unpaired) electrons. The van der Waals surface area contributed by atoms with E-state index >= 15 is 0 Å². The zero-order valence-electron chi connectivity index (χ0n) is 11.0. The Kier molecular flexibility index (Phi) is 4.49. The number of rotatable bonds is 5. The number of ether oxygens (including phenoxy) is 1. The SMILES string of the molecule is Nc1ccc(OCCNC(=O)C2CCS(=O)(=O)C2)cc1. The summed E-state index contributed by atoms with van der Waals surface area (Å²) in [7, 11) is -3.02. The highest BCUT2D eigenvalue weighted by molar-refractivity contribution is 7.91. The minimum atomic E-state index is -3.02. The van der Waals surface area contributed by atoms with E-state index < -0.39 is 15.8 Å². The number of nitrogen functional groups attached to an aromatic ring is 1. The Balaban J connectivity index is 1.68. The summed E-state index contributed by atoms with van der Waals surface area (Å²) in [4.78, 5) is 11.7. The lowest BCUT2D eigenvalue weighted by atomic mass is 10.1. The van der Waals surface area contributed by atoms with Crippen LogP contribution in [0.1, 0.15) is 6.42 Å². The van der Waals surface area contributed by atoms with Gasteiger partial charge in [-0.15, -0.1) is 0 Å². The summed E-state index contributed by atoms with van der Waals surface area (Å²) >= 11 is 0. The quantitative estimate of drug-likeness (QED) is 0.597. The molecule has 1 amide bonds. The number of hydrogen-bond donors (Lipinski definition) is 2. The average molecular weight is 298 g/mol. The molecule has 1 aliphatic heterocycles. The third-order valence-electron chi connectivity index (χ3n) is 3.15. The van der Waals surface area contributed by atoms with Crippen molar-refractivity contribution in [3.63, 3.8) is 0 Å². The maximum Gasteiger partial charge on any atom is 0.224 e. The predicted octanol–water partition coefficient (Wildman–Crippen LogP) is 0.199. The van der Waals surface area contributed by atoms with Gasteiger partial charge in [0, 0.05) is 5.69 Å². The number of nitrogens with one attached hydrogen (secondary N) is 1. The Morgan fingerprint density at radius 3 is 2.65 bits per heavy atom. The third-order valence-corrected chi connectivity index (χ3v) is 4.92. The minimum Gasteiger partial charge on any atom is -0.492 e. The van der Waals surface area contributed by atoms with E-state index in [-0.39, 0.29) is 17.4 Å². The van der Waals surface area contributed by atoms with Crippen LogP contribution in [0, 0.1) is 5.92 Å². The lowest BCUT2D eigenvalue weighted by Crippen LogP contribution is -2.34. The zero-order chi connectivity index (χ0) is 14.6. The molecule has 1 atom stereocenters. The molecule has 0 aromatic heterocycles. The van der Waals surface area contributed by atoms with Crippen LogP contribution in [-0.2, 0) is 14.6 Å². The largest absolute Gasteiger partial charge is 0.492 e. The molecule has 1 unspecified atom stereocenters. The Morgan fingerprint density at radius 1 is 1.35 bits per heavy atom. The number of carbonyl (C=O) groups is 1. The summed E-state index contributed by atoms with van der Waals surface area (Å²) in [6.07, 6.45) is 0.410. The highest BCUT2D eigenvalue weighted by atomic mass is 32.2. The van der Waals surface area contributed by atoms with E-state index in [9.17, 15) is 13.2 Å². The molecule has 6 nitrogen and oxygen atoms in total. The van der Waals surface area contributed by atoms with Crippen LogP contribution in [0.4, 0.5) is 5.69 Å². The Bertz CT molecular complexity index is 569. The minimum absolute atomic E-state index is 0.0440. The van der Waals surface area contributed by atoms with E-state index in [4.69, 9.17) is 10.5 Å². The summed E-state index contributed by atoms with van der Waals surface area (Å²) in [6, 6.07) is 6.97. The Hall–Kier alpha value is -1.76. The van der Waals surface area contributed by atoms with Gasteiger partial charge in [-0.3, -0.25) is 4.79 Å². The van der Waals surface area contributed by atoms with Crippen LogP contribution in [0.5, 0.6) is 5.75 Å². The Labute approximate surface area is 118 Å². The summed E-state index contributed by atoms with van der Waals surface area (Å²) in [5.41, 5.74) is 6.21. The van der Waals surface area contributed by atoms with Crippen LogP contribution in [-0.4, -0.2) is 39.0 Å². The smallest absolute Gasteiger partial charge is 0.224 e. The average Bonchev–Trinajstić information content (AvgIpc) is 2.77. The molecule has 2 rings (SSSR count). The van der Waals surface area contributed by atoms with Gasteiger partial charge in [0.05, 0.1) is 24.0 Å². The van der Waals surface area contributed by atoms with E-state index in [1.165, 1.54) is 0 Å². The lowest BCUT2D eigenvalue weighted by Gasteiger charge is -2.10. The molecule has 0 aliphatic carbocycles. The molecule has 0 spiro atoms. The van der Waals surface area contributed by atoms with Gasteiger partial charge in [-0.2, -0.15) is 0 Å². The molecule has 1 heterocycles. The summed E-state index contributed by atoms with van der Waals surface area (Å²) in [5, 5.41) is 2.69. The van der Waals surface area contributed by atoms with Gasteiger partial charge in [-0.25, -0.2) is 8.42 Å². The zero-order valence-corrected chi connectivity index (χ0v) is 11.9. The third kappa shape index (κ3) is 4.12. The molecule has 0 bridgehead atoms. The molecular formula is C13H18N2O4S. The highest BCUT2D eigenvalue weighted by Gasteiger charge is 2.32. The number of nitrogens with two attached hydrogens (primary N) is 1. The summed E-state index contributed by atoms with van der Waals surface area (Å²) < 4.78 is 28.0. The molecule has 1 saturated heterocycles. The van der Waals surface area contributed by atoms with Gasteiger partial charge in [-0.1, -0.05) is 0 Å². The van der Waals surface area contributed by atoms with Crippen molar-refractivity contribution in [1.29, 1.82) is 0 Å². The van der Waals surface area contributed by atoms with Gasteiger partial charge < -0.3 is 15.8 Å². The van der Waals surface area contributed by atoms with E-state index in [1.807, 2.05) is 0 Å². The molecular weight excluding hydrogens is 280 g/mol. The van der Waals surface area contributed by atoms with Crippen molar-refractivity contribution >= 4 is 21.4 Å². The highest BCUT2D eigenvalue weighted by Crippen LogP contribution is 2.18. The second-order valence-electron chi connectivity index (χ2n) is 4.81. The van der Waals surface area contributed by atoms with Gasteiger partial charge in [0.1, 0.15) is 12.4 Å². The van der Waals surface area contributed by atoms with Gasteiger partial charge in [0.15, 0.2) is 9.84 Å². The molecule has 3 N–H and O–H groups in total. The summed E-state index contributed by atoms with van der Waals surface area (Å²) in [5.74, 6) is 0.102. The molecule has 1 aliphatic rings. The molecule has 1 aromatic carbocycles. The molecule has 1 fully saturated rings. The first-order valence-corrected chi connectivity index (χ1v) is 8.25. The molecule has 1 aromatic rings. The maximum atomic E-state index is 11.7. The van der Waals surface area contributed by atoms with Gasteiger partial charge in [-0.05, 0) is 30.7 Å². The first-order valence-electron chi connectivity index (χ1n) is 6.43. The van der Waals surface area contributed by atoms with E-state index in [0.29, 0.717) is 31.0 Å². The Morgan fingerprint density at radius 2 is 2.05 bits per heavy atom. The van der Waals surface area contributed by atoms with Crippen LogP contribution >= 0.6 is 0 Å².